The second-order valence-corrected chi connectivity index (χ2v) is 6.74. The molecule has 0 atom stereocenters. The van der Waals surface area contributed by atoms with Crippen LogP contribution in [0.2, 0.25) is 0 Å². The summed E-state index contributed by atoms with van der Waals surface area (Å²) in [5.41, 5.74) is 1.39. The van der Waals surface area contributed by atoms with Crippen LogP contribution in [0.1, 0.15) is 12.5 Å². The zero-order valence-corrected chi connectivity index (χ0v) is 13.4. The van der Waals surface area contributed by atoms with Gasteiger partial charge in [-0.25, -0.2) is 17.9 Å². The summed E-state index contributed by atoms with van der Waals surface area (Å²) in [6, 6.07) is 4.64. The molecule has 2 N–H and O–H groups in total. The first-order valence-electron chi connectivity index (χ1n) is 7.07. The molecule has 8 nitrogen and oxygen atoms in total. The van der Waals surface area contributed by atoms with Gasteiger partial charge < -0.3 is 14.7 Å². The maximum atomic E-state index is 12.1. The quantitative estimate of drug-likeness (QED) is 0.720. The number of amides is 1. The molecule has 1 aliphatic heterocycles. The fourth-order valence-electron chi connectivity index (χ4n) is 2.36. The smallest absolute Gasteiger partial charge is 0.329 e. The third-order valence-corrected chi connectivity index (χ3v) is 4.89. The number of benzene rings is 1. The van der Waals surface area contributed by atoms with Gasteiger partial charge in [-0.15, -0.1) is 0 Å². The van der Waals surface area contributed by atoms with Gasteiger partial charge in [-0.1, -0.05) is 13.0 Å². The summed E-state index contributed by atoms with van der Waals surface area (Å²) < 4.78 is 31.3. The molecule has 1 aliphatic rings. The molecule has 23 heavy (non-hydrogen) atoms. The van der Waals surface area contributed by atoms with E-state index in [-0.39, 0.29) is 18.0 Å². The van der Waals surface area contributed by atoms with Crippen LogP contribution in [0.15, 0.2) is 23.1 Å². The zero-order chi connectivity index (χ0) is 17.0. The molecular weight excluding hydrogens is 324 g/mol. The highest BCUT2D eigenvalue weighted by atomic mass is 32.2. The Bertz CT molecular complexity index is 716. The Hall–Kier alpha value is -1.97. The summed E-state index contributed by atoms with van der Waals surface area (Å²) in [6.45, 7) is 1.44. The zero-order valence-electron chi connectivity index (χ0n) is 12.6. The van der Waals surface area contributed by atoms with Gasteiger partial charge in [0.25, 0.3) is 5.91 Å². The second kappa shape index (κ2) is 7.07. The molecule has 0 spiro atoms. The number of fused-ring (bicyclic) bond motifs is 1. The van der Waals surface area contributed by atoms with E-state index >= 15 is 0 Å². The largest absolute Gasteiger partial charge is 0.480 e. The van der Waals surface area contributed by atoms with E-state index in [1.165, 1.54) is 17.0 Å². The Labute approximate surface area is 134 Å². The van der Waals surface area contributed by atoms with E-state index in [2.05, 4.69) is 4.72 Å². The van der Waals surface area contributed by atoms with Crippen molar-refractivity contribution in [1.29, 1.82) is 0 Å². The molecule has 0 unspecified atom stereocenters. The van der Waals surface area contributed by atoms with E-state index in [1.54, 1.807) is 13.0 Å². The number of ether oxygens (including phenoxy) is 1. The molecule has 1 heterocycles. The Morgan fingerprint density at radius 2 is 2.09 bits per heavy atom. The van der Waals surface area contributed by atoms with Crippen LogP contribution in [0.25, 0.3) is 0 Å². The van der Waals surface area contributed by atoms with Gasteiger partial charge in [0, 0.05) is 18.8 Å². The van der Waals surface area contributed by atoms with E-state index in [0.29, 0.717) is 18.7 Å². The van der Waals surface area contributed by atoms with Crippen LogP contribution in [0.5, 0.6) is 0 Å². The average molecular weight is 342 g/mol. The first kappa shape index (κ1) is 17.4. The van der Waals surface area contributed by atoms with Crippen molar-refractivity contribution in [3.8, 4) is 0 Å². The summed E-state index contributed by atoms with van der Waals surface area (Å²) in [7, 11) is -3.61. The first-order valence-corrected chi connectivity index (χ1v) is 8.56. The van der Waals surface area contributed by atoms with Crippen molar-refractivity contribution in [3.63, 3.8) is 0 Å². The minimum Gasteiger partial charge on any atom is -0.480 e. The molecule has 1 aromatic rings. The Kier molecular flexibility index (Phi) is 5.34. The number of anilines is 1. The monoisotopic (exact) mass is 342 g/mol. The van der Waals surface area contributed by atoms with Crippen LogP contribution in [-0.4, -0.2) is 51.7 Å². The SMILES string of the molecule is CCNS(=O)(=O)c1ccc2c(c1)N(C(=O)COCC(=O)O)CC2. The van der Waals surface area contributed by atoms with E-state index < -0.39 is 28.5 Å². The van der Waals surface area contributed by atoms with Crippen LogP contribution in [0.4, 0.5) is 5.69 Å². The topological polar surface area (TPSA) is 113 Å². The lowest BCUT2D eigenvalue weighted by Gasteiger charge is -2.18. The molecule has 0 saturated heterocycles. The van der Waals surface area contributed by atoms with Gasteiger partial charge in [-0.05, 0) is 24.1 Å². The number of carboxylic acid groups (broad SMARTS) is 1. The lowest BCUT2D eigenvalue weighted by atomic mass is 10.2. The third kappa shape index (κ3) is 4.06. The van der Waals surface area contributed by atoms with Crippen LogP contribution in [0, 0.1) is 0 Å². The Morgan fingerprint density at radius 1 is 1.35 bits per heavy atom. The summed E-state index contributed by atoms with van der Waals surface area (Å²) >= 11 is 0. The van der Waals surface area contributed by atoms with Gasteiger partial charge >= 0.3 is 5.97 Å². The number of nitrogens with one attached hydrogen (secondary N) is 1. The fourth-order valence-corrected chi connectivity index (χ4v) is 3.42. The Balaban J connectivity index is 2.18. The Morgan fingerprint density at radius 3 is 2.74 bits per heavy atom. The summed E-state index contributed by atoms with van der Waals surface area (Å²) in [6.07, 6.45) is 0.613. The third-order valence-electron chi connectivity index (χ3n) is 3.35. The molecule has 0 aliphatic carbocycles. The molecule has 0 radical (unpaired) electrons. The number of carboxylic acids is 1. The van der Waals surface area contributed by atoms with Gasteiger partial charge in [-0.3, -0.25) is 4.79 Å². The normalized spacial score (nSPS) is 13.9. The van der Waals surface area contributed by atoms with Crippen LogP contribution < -0.4 is 9.62 Å². The molecule has 1 aromatic carbocycles. The highest BCUT2D eigenvalue weighted by Crippen LogP contribution is 2.30. The summed E-state index contributed by atoms with van der Waals surface area (Å²) in [5.74, 6) is -1.55. The van der Waals surface area contributed by atoms with Crippen molar-refractivity contribution in [1.82, 2.24) is 4.72 Å². The van der Waals surface area contributed by atoms with Gasteiger partial charge in [0.1, 0.15) is 13.2 Å². The minimum atomic E-state index is -3.61. The highest BCUT2D eigenvalue weighted by molar-refractivity contribution is 7.89. The average Bonchev–Trinajstić information content (AvgIpc) is 2.89. The van der Waals surface area contributed by atoms with E-state index in [0.717, 1.165) is 5.56 Å². The van der Waals surface area contributed by atoms with Gasteiger partial charge in [-0.2, -0.15) is 0 Å². The summed E-state index contributed by atoms with van der Waals surface area (Å²) in [4.78, 5) is 24.0. The number of aliphatic carboxylic acids is 1. The molecule has 9 heteroatoms. The lowest BCUT2D eigenvalue weighted by Crippen LogP contribution is -2.33. The number of nitrogens with zero attached hydrogens (tertiary/aromatic N) is 1. The molecule has 0 aromatic heterocycles. The molecule has 126 valence electrons. The molecule has 0 saturated carbocycles. The van der Waals surface area contributed by atoms with Crippen molar-refractivity contribution in [2.45, 2.75) is 18.2 Å². The van der Waals surface area contributed by atoms with Crippen molar-refractivity contribution < 1.29 is 27.9 Å². The molecular formula is C14H18N2O6S. The number of sulfonamides is 1. The van der Waals surface area contributed by atoms with Crippen LogP contribution in [-0.2, 0) is 30.8 Å². The number of hydrogen-bond acceptors (Lipinski definition) is 5. The number of carbonyl (C=O) groups is 2. The minimum absolute atomic E-state index is 0.0873. The number of hydrogen-bond donors (Lipinski definition) is 2. The van der Waals surface area contributed by atoms with Crippen molar-refractivity contribution in [2.75, 3.05) is 31.2 Å². The number of carbonyl (C=O) groups excluding carboxylic acids is 1. The second-order valence-electron chi connectivity index (χ2n) is 4.97. The maximum absolute atomic E-state index is 12.1. The summed E-state index contributed by atoms with van der Waals surface area (Å²) in [5, 5.41) is 8.50. The predicted molar refractivity (Wildman–Crippen MR) is 81.8 cm³/mol. The molecule has 0 fully saturated rings. The van der Waals surface area contributed by atoms with Gasteiger partial charge in [0.2, 0.25) is 10.0 Å². The van der Waals surface area contributed by atoms with Crippen LogP contribution in [0.3, 0.4) is 0 Å². The lowest BCUT2D eigenvalue weighted by molar-refractivity contribution is -0.143. The molecule has 0 bridgehead atoms. The van der Waals surface area contributed by atoms with Crippen molar-refractivity contribution in [2.24, 2.45) is 0 Å². The van der Waals surface area contributed by atoms with Crippen LogP contribution >= 0.6 is 0 Å². The first-order chi connectivity index (χ1) is 10.8. The van der Waals surface area contributed by atoms with Gasteiger partial charge in [0.15, 0.2) is 0 Å². The fraction of sp³-hybridized carbons (Fsp3) is 0.429. The van der Waals surface area contributed by atoms with E-state index in [9.17, 15) is 18.0 Å². The van der Waals surface area contributed by atoms with E-state index in [1.807, 2.05) is 0 Å². The predicted octanol–water partition coefficient (Wildman–Crippen LogP) is -0.0249. The van der Waals surface area contributed by atoms with E-state index in [4.69, 9.17) is 9.84 Å². The highest BCUT2D eigenvalue weighted by Gasteiger charge is 2.26. The van der Waals surface area contributed by atoms with Gasteiger partial charge in [0.05, 0.1) is 4.90 Å². The maximum Gasteiger partial charge on any atom is 0.329 e. The molecule has 2 rings (SSSR count). The number of rotatable bonds is 7. The van der Waals surface area contributed by atoms with Crippen molar-refractivity contribution >= 4 is 27.6 Å². The standard InChI is InChI=1S/C14H18N2O6S/c1-2-15-23(20,21)11-4-3-10-5-6-16(12(10)7-11)13(17)8-22-9-14(18)19/h3-4,7,15H,2,5-6,8-9H2,1H3,(H,18,19). The molecule has 1 amide bonds. The van der Waals surface area contributed by atoms with Crippen molar-refractivity contribution in [3.05, 3.63) is 23.8 Å².